The van der Waals surface area contributed by atoms with E-state index in [2.05, 4.69) is 68.6 Å². The molecule has 1 heterocycles. The lowest BCUT2D eigenvalue weighted by Gasteiger charge is -2.18. The number of carboxylic acids is 1. The van der Waals surface area contributed by atoms with Crippen LogP contribution in [-0.4, -0.2) is 39.3 Å². The van der Waals surface area contributed by atoms with Gasteiger partial charge in [0.1, 0.15) is 0 Å². The van der Waals surface area contributed by atoms with Gasteiger partial charge in [0.25, 0.3) is 0 Å². The molecule has 0 fully saturated rings. The summed E-state index contributed by atoms with van der Waals surface area (Å²) in [5.41, 5.74) is 6.78. The summed E-state index contributed by atoms with van der Waals surface area (Å²) in [5, 5.41) is 14.1. The number of carboxylic acid groups (broad SMARTS) is 1. The Balaban J connectivity index is 1.87. The van der Waals surface area contributed by atoms with Gasteiger partial charge in [-0.2, -0.15) is 5.10 Å². The van der Waals surface area contributed by atoms with E-state index in [9.17, 15) is 9.90 Å². The van der Waals surface area contributed by atoms with Gasteiger partial charge in [-0.25, -0.2) is 0 Å². The molecule has 0 aliphatic carbocycles. The molecule has 152 valence electrons. The van der Waals surface area contributed by atoms with E-state index in [4.69, 9.17) is 5.10 Å². The van der Waals surface area contributed by atoms with Gasteiger partial charge in [-0.05, 0) is 26.5 Å². The third-order valence-electron chi connectivity index (χ3n) is 5.08. The molecule has 2 aromatic carbocycles. The summed E-state index contributed by atoms with van der Waals surface area (Å²) in [4.78, 5) is 13.2. The van der Waals surface area contributed by atoms with E-state index in [1.807, 2.05) is 16.6 Å². The van der Waals surface area contributed by atoms with Gasteiger partial charge in [0.15, 0.2) is 0 Å². The molecule has 3 aromatic rings. The summed E-state index contributed by atoms with van der Waals surface area (Å²) >= 11 is 0. The number of aryl methyl sites for hydroxylation is 2. The molecule has 29 heavy (non-hydrogen) atoms. The summed E-state index contributed by atoms with van der Waals surface area (Å²) in [7, 11) is 1.95. The van der Waals surface area contributed by atoms with E-state index in [0.717, 1.165) is 16.8 Å². The number of carbonyl (C=O) groups is 1. The van der Waals surface area contributed by atoms with Crippen LogP contribution in [0.2, 0.25) is 0 Å². The highest BCUT2D eigenvalue weighted by Gasteiger charge is 2.17. The lowest BCUT2D eigenvalue weighted by atomic mass is 10.1. The fourth-order valence-corrected chi connectivity index (χ4v) is 3.40. The van der Waals surface area contributed by atoms with Crippen LogP contribution in [0.3, 0.4) is 0 Å². The van der Waals surface area contributed by atoms with Crippen molar-refractivity contribution >= 4 is 5.97 Å². The molecule has 1 unspecified atom stereocenters. The Kier molecular flexibility index (Phi) is 6.49. The predicted molar refractivity (Wildman–Crippen MR) is 116 cm³/mol. The molecular formula is C24H29N3O2. The zero-order valence-corrected chi connectivity index (χ0v) is 17.6. The third-order valence-corrected chi connectivity index (χ3v) is 5.08. The van der Waals surface area contributed by atoms with E-state index >= 15 is 0 Å². The average molecular weight is 392 g/mol. The second-order valence-electron chi connectivity index (χ2n) is 7.99. The fraction of sp³-hybridized carbons (Fsp3) is 0.333. The number of rotatable bonds is 8. The Hall–Kier alpha value is -2.92. The van der Waals surface area contributed by atoms with Gasteiger partial charge in [-0.3, -0.25) is 9.48 Å². The van der Waals surface area contributed by atoms with E-state index in [-0.39, 0.29) is 0 Å². The Labute approximate surface area is 172 Å². The van der Waals surface area contributed by atoms with Crippen molar-refractivity contribution in [1.82, 2.24) is 14.7 Å². The van der Waals surface area contributed by atoms with Crippen molar-refractivity contribution in [3.8, 4) is 11.3 Å². The van der Waals surface area contributed by atoms with Gasteiger partial charge < -0.3 is 10.0 Å². The van der Waals surface area contributed by atoms with Gasteiger partial charge in [0.05, 0.1) is 18.2 Å². The number of hydrogen-bond donors (Lipinski definition) is 1. The molecule has 1 aromatic heterocycles. The maximum absolute atomic E-state index is 11.2. The number of hydrogen-bond acceptors (Lipinski definition) is 3. The summed E-state index contributed by atoms with van der Waals surface area (Å²) < 4.78 is 1.98. The molecule has 0 saturated carbocycles. The normalized spacial score (nSPS) is 12.3. The molecule has 3 rings (SSSR count). The van der Waals surface area contributed by atoms with Crippen LogP contribution in [0.15, 0.2) is 54.7 Å². The minimum Gasteiger partial charge on any atom is -0.481 e. The van der Waals surface area contributed by atoms with Crippen LogP contribution in [0.5, 0.6) is 0 Å². The minimum atomic E-state index is -0.773. The van der Waals surface area contributed by atoms with Crippen LogP contribution < -0.4 is 0 Å². The molecule has 0 saturated heterocycles. The van der Waals surface area contributed by atoms with Crippen LogP contribution in [0.25, 0.3) is 11.3 Å². The molecule has 0 spiro atoms. The predicted octanol–water partition coefficient (Wildman–Crippen LogP) is 4.37. The molecule has 0 aliphatic heterocycles. The van der Waals surface area contributed by atoms with Crippen LogP contribution in [-0.2, 0) is 17.9 Å². The van der Waals surface area contributed by atoms with Crippen LogP contribution in [0, 0.1) is 19.8 Å². The van der Waals surface area contributed by atoms with Crippen molar-refractivity contribution in [2.45, 2.75) is 33.9 Å². The van der Waals surface area contributed by atoms with Gasteiger partial charge in [0.2, 0.25) is 0 Å². The van der Waals surface area contributed by atoms with Gasteiger partial charge >= 0.3 is 5.97 Å². The lowest BCUT2D eigenvalue weighted by molar-refractivity contribution is -0.141. The first-order chi connectivity index (χ1) is 13.8. The molecular weight excluding hydrogens is 362 g/mol. The largest absolute Gasteiger partial charge is 0.481 e. The lowest BCUT2D eigenvalue weighted by Crippen LogP contribution is -2.28. The number of nitrogens with zero attached hydrogens (tertiary/aromatic N) is 3. The monoisotopic (exact) mass is 391 g/mol. The maximum Gasteiger partial charge on any atom is 0.307 e. The standard InChI is InChI=1S/C24H29N3O2/c1-17-5-9-20(10-6-17)14-27-16-22(15-26(4)13-19(3)24(28)29)23(25-27)21-11-7-18(2)8-12-21/h5-12,16,19H,13-15H2,1-4H3,(H,28,29). The highest BCUT2D eigenvalue weighted by molar-refractivity contribution is 5.69. The van der Waals surface area contributed by atoms with Crippen LogP contribution in [0.4, 0.5) is 0 Å². The first kappa shape index (κ1) is 20.8. The minimum absolute atomic E-state index is 0.412. The van der Waals surface area contributed by atoms with Crippen molar-refractivity contribution in [1.29, 1.82) is 0 Å². The second-order valence-corrected chi connectivity index (χ2v) is 7.99. The molecule has 0 amide bonds. The maximum atomic E-state index is 11.2. The first-order valence-electron chi connectivity index (χ1n) is 9.92. The fourth-order valence-electron chi connectivity index (χ4n) is 3.40. The Bertz CT molecular complexity index is 959. The Morgan fingerprint density at radius 2 is 1.66 bits per heavy atom. The van der Waals surface area contributed by atoms with Gasteiger partial charge in [0, 0.05) is 30.4 Å². The zero-order chi connectivity index (χ0) is 21.0. The Morgan fingerprint density at radius 1 is 1.07 bits per heavy atom. The van der Waals surface area contributed by atoms with E-state index in [1.165, 1.54) is 16.7 Å². The van der Waals surface area contributed by atoms with E-state index in [1.54, 1.807) is 6.92 Å². The summed E-state index contributed by atoms with van der Waals surface area (Å²) in [5.74, 6) is -1.18. The molecule has 0 bridgehead atoms. The SMILES string of the molecule is Cc1ccc(Cn2cc(CN(C)CC(C)C(=O)O)c(-c3ccc(C)cc3)n2)cc1. The summed E-state index contributed by atoms with van der Waals surface area (Å²) in [6.07, 6.45) is 2.08. The summed E-state index contributed by atoms with van der Waals surface area (Å²) in [6.45, 7) is 7.73. The zero-order valence-electron chi connectivity index (χ0n) is 17.6. The highest BCUT2D eigenvalue weighted by atomic mass is 16.4. The van der Waals surface area contributed by atoms with Crippen LogP contribution >= 0.6 is 0 Å². The molecule has 0 radical (unpaired) electrons. The van der Waals surface area contributed by atoms with Gasteiger partial charge in [-0.15, -0.1) is 0 Å². The molecule has 0 aliphatic rings. The molecule has 1 atom stereocenters. The smallest absolute Gasteiger partial charge is 0.307 e. The second kappa shape index (κ2) is 9.05. The van der Waals surface area contributed by atoms with Crippen molar-refractivity contribution in [3.05, 3.63) is 77.0 Å². The third kappa shape index (κ3) is 5.55. The van der Waals surface area contributed by atoms with Crippen molar-refractivity contribution in [2.75, 3.05) is 13.6 Å². The number of aliphatic carboxylic acids is 1. The molecule has 5 nitrogen and oxygen atoms in total. The number of benzene rings is 2. The van der Waals surface area contributed by atoms with Crippen LogP contribution in [0.1, 0.15) is 29.2 Å². The first-order valence-corrected chi connectivity index (χ1v) is 9.92. The van der Waals surface area contributed by atoms with E-state index in [0.29, 0.717) is 19.6 Å². The Morgan fingerprint density at radius 3 is 2.24 bits per heavy atom. The van der Waals surface area contributed by atoms with Gasteiger partial charge in [-0.1, -0.05) is 66.6 Å². The van der Waals surface area contributed by atoms with Crippen molar-refractivity contribution < 1.29 is 9.90 Å². The van der Waals surface area contributed by atoms with E-state index < -0.39 is 11.9 Å². The number of aromatic nitrogens is 2. The quantitative estimate of drug-likeness (QED) is 0.620. The van der Waals surface area contributed by atoms with Crippen molar-refractivity contribution in [3.63, 3.8) is 0 Å². The van der Waals surface area contributed by atoms with Crippen molar-refractivity contribution in [2.24, 2.45) is 5.92 Å². The summed E-state index contributed by atoms with van der Waals surface area (Å²) in [6, 6.07) is 16.9. The average Bonchev–Trinajstić information content (AvgIpc) is 3.06. The molecule has 5 heteroatoms. The topological polar surface area (TPSA) is 58.4 Å². The molecule has 1 N–H and O–H groups in total. The highest BCUT2D eigenvalue weighted by Crippen LogP contribution is 2.24.